The largest absolute Gasteiger partial charge is 0.480 e. The fourth-order valence-electron chi connectivity index (χ4n) is 3.61. The molecule has 0 heterocycles. The van der Waals surface area contributed by atoms with Crippen LogP contribution >= 0.6 is 0 Å². The van der Waals surface area contributed by atoms with Crippen LogP contribution in [0.3, 0.4) is 0 Å². The molecular weight excluding hydrogens is 400 g/mol. The molecule has 1 unspecified atom stereocenters. The molecule has 6 nitrogen and oxygen atoms in total. The van der Waals surface area contributed by atoms with Crippen LogP contribution in [0.25, 0.3) is 0 Å². The van der Waals surface area contributed by atoms with E-state index in [0.29, 0.717) is 17.9 Å². The van der Waals surface area contributed by atoms with Crippen molar-refractivity contribution in [2.45, 2.75) is 69.4 Å². The lowest BCUT2D eigenvalue weighted by Crippen LogP contribution is -2.36. The van der Waals surface area contributed by atoms with Gasteiger partial charge in [0.25, 0.3) is 5.91 Å². The minimum absolute atomic E-state index is 0.00651. The van der Waals surface area contributed by atoms with Crippen LogP contribution in [0.15, 0.2) is 53.4 Å². The lowest BCUT2D eigenvalue weighted by atomic mass is 9.96. The average molecular weight is 431 g/mol. The van der Waals surface area contributed by atoms with Crippen LogP contribution < -0.4 is 14.8 Å². The minimum atomic E-state index is -3.56. The second-order valence-electron chi connectivity index (χ2n) is 7.75. The molecule has 1 fully saturated rings. The van der Waals surface area contributed by atoms with Gasteiger partial charge in [-0.1, -0.05) is 44.4 Å². The molecule has 1 amide bonds. The van der Waals surface area contributed by atoms with Gasteiger partial charge in [0.1, 0.15) is 5.75 Å². The van der Waals surface area contributed by atoms with Gasteiger partial charge in [-0.3, -0.25) is 4.79 Å². The first-order chi connectivity index (χ1) is 14.4. The van der Waals surface area contributed by atoms with Gasteiger partial charge in [0, 0.05) is 11.7 Å². The third kappa shape index (κ3) is 5.83. The van der Waals surface area contributed by atoms with E-state index < -0.39 is 16.1 Å². The summed E-state index contributed by atoms with van der Waals surface area (Å²) in [6, 6.07) is 13.8. The topological polar surface area (TPSA) is 84.5 Å². The highest BCUT2D eigenvalue weighted by atomic mass is 32.2. The molecule has 0 saturated heterocycles. The smallest absolute Gasteiger partial charge is 0.265 e. The van der Waals surface area contributed by atoms with Crippen molar-refractivity contribution in [1.82, 2.24) is 4.72 Å². The van der Waals surface area contributed by atoms with Crippen molar-refractivity contribution in [3.63, 3.8) is 0 Å². The number of carbonyl (C=O) groups excluding carboxylic acids is 1. The van der Waals surface area contributed by atoms with E-state index >= 15 is 0 Å². The average Bonchev–Trinajstić information content (AvgIpc) is 2.74. The zero-order valence-corrected chi connectivity index (χ0v) is 18.4. The number of benzene rings is 2. The molecule has 1 aliphatic carbocycles. The number of anilines is 1. The van der Waals surface area contributed by atoms with Gasteiger partial charge < -0.3 is 10.1 Å². The molecule has 3 rings (SSSR count). The number of amides is 1. The van der Waals surface area contributed by atoms with E-state index in [1.807, 2.05) is 38.1 Å². The molecule has 2 aromatic rings. The first-order valence-corrected chi connectivity index (χ1v) is 12.0. The van der Waals surface area contributed by atoms with E-state index in [1.165, 1.54) is 18.6 Å². The maximum Gasteiger partial charge on any atom is 0.265 e. The number of ether oxygens (including phenoxy) is 1. The lowest BCUT2D eigenvalue weighted by Gasteiger charge is -2.22. The van der Waals surface area contributed by atoms with Gasteiger partial charge in [-0.25, -0.2) is 13.1 Å². The molecule has 0 radical (unpaired) electrons. The summed E-state index contributed by atoms with van der Waals surface area (Å²) >= 11 is 0. The second kappa shape index (κ2) is 10.1. The zero-order chi connectivity index (χ0) is 21.6. The van der Waals surface area contributed by atoms with Crippen LogP contribution in [0, 0.1) is 6.92 Å². The summed E-state index contributed by atoms with van der Waals surface area (Å²) in [5, 5.41) is 2.81. The van der Waals surface area contributed by atoms with Crippen molar-refractivity contribution in [2.75, 3.05) is 5.32 Å². The molecule has 2 aromatic carbocycles. The van der Waals surface area contributed by atoms with Crippen molar-refractivity contribution in [2.24, 2.45) is 0 Å². The highest BCUT2D eigenvalue weighted by Gasteiger charge is 2.23. The summed E-state index contributed by atoms with van der Waals surface area (Å²) in [7, 11) is -3.56. The summed E-state index contributed by atoms with van der Waals surface area (Å²) in [6.07, 6.45) is 4.92. The van der Waals surface area contributed by atoms with Crippen molar-refractivity contribution >= 4 is 21.6 Å². The lowest BCUT2D eigenvalue weighted by molar-refractivity contribution is -0.122. The minimum Gasteiger partial charge on any atom is -0.480 e. The summed E-state index contributed by atoms with van der Waals surface area (Å²) in [5.74, 6) is 0.409. The standard InChI is InChI=1S/C23H30N2O4S/c1-3-21(29-22-12-8-7-9-17(22)2)23(26)24-18-13-15-20(16-14-18)30(27,28)25-19-10-5-4-6-11-19/h7-9,12-16,19,21,25H,3-6,10-11H2,1-2H3,(H,24,26). The Balaban J connectivity index is 1.62. The Morgan fingerprint density at radius 1 is 1.07 bits per heavy atom. The van der Waals surface area contributed by atoms with E-state index in [9.17, 15) is 13.2 Å². The molecule has 2 N–H and O–H groups in total. The molecule has 30 heavy (non-hydrogen) atoms. The maximum atomic E-state index is 12.6. The third-order valence-corrected chi connectivity index (χ3v) is 6.92. The summed E-state index contributed by atoms with van der Waals surface area (Å²) in [6.45, 7) is 3.82. The fraction of sp³-hybridized carbons (Fsp3) is 0.435. The van der Waals surface area contributed by atoms with E-state index in [2.05, 4.69) is 10.0 Å². The van der Waals surface area contributed by atoms with Crippen LogP contribution in [-0.2, 0) is 14.8 Å². The first kappa shape index (κ1) is 22.3. The Bertz CT molecular complexity index is 951. The Morgan fingerprint density at radius 3 is 2.37 bits per heavy atom. The predicted molar refractivity (Wildman–Crippen MR) is 118 cm³/mol. The first-order valence-electron chi connectivity index (χ1n) is 10.5. The normalized spacial score (nSPS) is 16.1. The molecule has 1 aliphatic rings. The van der Waals surface area contributed by atoms with E-state index in [-0.39, 0.29) is 16.8 Å². The molecule has 1 saturated carbocycles. The van der Waals surface area contributed by atoms with E-state index in [4.69, 9.17) is 4.74 Å². The van der Waals surface area contributed by atoms with Gasteiger partial charge in [-0.15, -0.1) is 0 Å². The van der Waals surface area contributed by atoms with Crippen molar-refractivity contribution in [3.8, 4) is 5.75 Å². The fourth-order valence-corrected chi connectivity index (χ4v) is 4.92. The summed E-state index contributed by atoms with van der Waals surface area (Å²) < 4.78 is 33.9. The number of hydrogen-bond donors (Lipinski definition) is 2. The molecule has 0 bridgehead atoms. The Labute approximate surface area is 179 Å². The monoisotopic (exact) mass is 430 g/mol. The number of aryl methyl sites for hydroxylation is 1. The van der Waals surface area contributed by atoms with E-state index in [0.717, 1.165) is 31.2 Å². The maximum absolute atomic E-state index is 12.6. The number of sulfonamides is 1. The molecular formula is C23H30N2O4S. The summed E-state index contributed by atoms with van der Waals surface area (Å²) in [4.78, 5) is 12.8. The Kier molecular flexibility index (Phi) is 7.50. The van der Waals surface area contributed by atoms with Crippen molar-refractivity contribution in [1.29, 1.82) is 0 Å². The van der Waals surface area contributed by atoms with Crippen LogP contribution in [0.4, 0.5) is 5.69 Å². The van der Waals surface area contributed by atoms with Gasteiger partial charge in [-0.05, 0) is 62.1 Å². The molecule has 0 aliphatic heterocycles. The van der Waals surface area contributed by atoms with Crippen LogP contribution in [0.5, 0.6) is 5.75 Å². The SMILES string of the molecule is CCC(Oc1ccccc1C)C(=O)Nc1ccc(S(=O)(=O)NC2CCCCC2)cc1. The Morgan fingerprint density at radius 2 is 1.73 bits per heavy atom. The highest BCUT2D eigenvalue weighted by Crippen LogP contribution is 2.22. The highest BCUT2D eigenvalue weighted by molar-refractivity contribution is 7.89. The van der Waals surface area contributed by atoms with Gasteiger partial charge in [-0.2, -0.15) is 0 Å². The number of para-hydroxylation sites is 1. The predicted octanol–water partition coefficient (Wildman–Crippen LogP) is 4.40. The zero-order valence-electron chi connectivity index (χ0n) is 17.6. The van der Waals surface area contributed by atoms with E-state index in [1.54, 1.807) is 12.1 Å². The molecule has 7 heteroatoms. The van der Waals surface area contributed by atoms with Gasteiger partial charge in [0.15, 0.2) is 6.10 Å². The van der Waals surface area contributed by atoms with Crippen molar-refractivity contribution in [3.05, 3.63) is 54.1 Å². The molecule has 1 atom stereocenters. The van der Waals surface area contributed by atoms with Gasteiger partial charge in [0.2, 0.25) is 10.0 Å². The van der Waals surface area contributed by atoms with Gasteiger partial charge in [0.05, 0.1) is 4.90 Å². The van der Waals surface area contributed by atoms with Gasteiger partial charge >= 0.3 is 0 Å². The van der Waals surface area contributed by atoms with Crippen molar-refractivity contribution < 1.29 is 17.9 Å². The quantitative estimate of drug-likeness (QED) is 0.650. The van der Waals surface area contributed by atoms with Crippen LogP contribution in [-0.4, -0.2) is 26.5 Å². The molecule has 0 aromatic heterocycles. The number of carbonyl (C=O) groups is 1. The third-order valence-electron chi connectivity index (χ3n) is 5.39. The second-order valence-corrected chi connectivity index (χ2v) is 9.46. The molecule has 0 spiro atoms. The number of rotatable bonds is 8. The van der Waals surface area contributed by atoms with Crippen LogP contribution in [0.2, 0.25) is 0 Å². The van der Waals surface area contributed by atoms with Crippen LogP contribution in [0.1, 0.15) is 51.0 Å². The number of hydrogen-bond acceptors (Lipinski definition) is 4. The Hall–Kier alpha value is -2.38. The summed E-state index contributed by atoms with van der Waals surface area (Å²) in [5.41, 5.74) is 1.49. The number of nitrogens with one attached hydrogen (secondary N) is 2. The molecule has 162 valence electrons.